The van der Waals surface area contributed by atoms with E-state index in [9.17, 15) is 0 Å². The quantitative estimate of drug-likeness (QED) is 0.739. The van der Waals surface area contributed by atoms with Crippen LogP contribution in [0.15, 0.2) is 60.4 Å². The van der Waals surface area contributed by atoms with Gasteiger partial charge in [0.25, 0.3) is 0 Å². The molecular weight excluding hydrogens is 234 g/mol. The highest BCUT2D eigenvalue weighted by Crippen LogP contribution is 2.24. The molecule has 0 saturated heterocycles. The fourth-order valence-electron chi connectivity index (χ4n) is 1.88. The lowest BCUT2D eigenvalue weighted by molar-refractivity contribution is 1.27. The third-order valence-electron chi connectivity index (χ3n) is 2.60. The van der Waals surface area contributed by atoms with Gasteiger partial charge in [-0.3, -0.25) is 4.98 Å². The number of nitrogens with zero attached hydrogens (tertiary/aromatic N) is 1. The summed E-state index contributed by atoms with van der Waals surface area (Å²) in [7, 11) is -1.29. The molecule has 0 saturated carbocycles. The Morgan fingerprint density at radius 2 is 1.61 bits per heavy atom. The van der Waals surface area contributed by atoms with Crippen LogP contribution in [0.2, 0.25) is 19.6 Å². The zero-order valence-electron chi connectivity index (χ0n) is 11.2. The Bertz CT molecular complexity index is 483. The Kier molecular flexibility index (Phi) is 3.77. The van der Waals surface area contributed by atoms with E-state index in [0.29, 0.717) is 0 Å². The van der Waals surface area contributed by atoms with Crippen molar-refractivity contribution in [3.05, 3.63) is 71.7 Å². The summed E-state index contributed by atoms with van der Waals surface area (Å²) >= 11 is 0. The molecule has 0 amide bonds. The summed E-state index contributed by atoms with van der Waals surface area (Å²) in [5.74, 6) is 0. The number of hydrogen-bond donors (Lipinski definition) is 0. The van der Waals surface area contributed by atoms with Gasteiger partial charge in [0.15, 0.2) is 0 Å². The smallest absolute Gasteiger partial charge is 0.0700 e. The molecular formula is C16H19NSi. The van der Waals surface area contributed by atoms with E-state index in [1.807, 2.05) is 24.4 Å². The van der Waals surface area contributed by atoms with Gasteiger partial charge in [0.1, 0.15) is 0 Å². The molecule has 92 valence electrons. The molecule has 1 aromatic heterocycles. The van der Waals surface area contributed by atoms with Gasteiger partial charge in [-0.1, -0.05) is 61.7 Å². The SMILES string of the molecule is C[Si](C)(C)/C=C(\c1ccccc1)c1ccccn1. The molecule has 1 heterocycles. The van der Waals surface area contributed by atoms with Gasteiger partial charge in [0.05, 0.1) is 13.8 Å². The number of aromatic nitrogens is 1. The van der Waals surface area contributed by atoms with Crippen molar-refractivity contribution < 1.29 is 0 Å². The van der Waals surface area contributed by atoms with Crippen LogP contribution in [0, 0.1) is 0 Å². The van der Waals surface area contributed by atoms with Crippen molar-refractivity contribution >= 4 is 13.6 Å². The second-order valence-electron chi connectivity index (χ2n) is 5.51. The Hall–Kier alpha value is -1.67. The Morgan fingerprint density at radius 1 is 0.944 bits per heavy atom. The van der Waals surface area contributed by atoms with Crippen molar-refractivity contribution in [2.24, 2.45) is 0 Å². The summed E-state index contributed by atoms with van der Waals surface area (Å²) in [6.45, 7) is 7.04. The van der Waals surface area contributed by atoms with Gasteiger partial charge in [-0.2, -0.15) is 0 Å². The molecule has 0 aliphatic carbocycles. The number of rotatable bonds is 3. The Labute approximate surface area is 110 Å². The second-order valence-corrected chi connectivity index (χ2v) is 10.5. The minimum atomic E-state index is -1.29. The molecule has 1 aromatic carbocycles. The van der Waals surface area contributed by atoms with Gasteiger partial charge in [0, 0.05) is 6.20 Å². The molecule has 0 radical (unpaired) electrons. The summed E-state index contributed by atoms with van der Waals surface area (Å²) in [5, 5.41) is 0. The molecule has 0 aliphatic rings. The Balaban J connectivity index is 2.53. The molecule has 0 fully saturated rings. The fraction of sp³-hybridized carbons (Fsp3) is 0.188. The lowest BCUT2D eigenvalue weighted by atomic mass is 10.0. The second kappa shape index (κ2) is 5.32. The van der Waals surface area contributed by atoms with Gasteiger partial charge in [-0.25, -0.2) is 0 Å². The molecule has 2 aromatic rings. The molecule has 1 nitrogen and oxygen atoms in total. The van der Waals surface area contributed by atoms with E-state index in [2.05, 4.69) is 60.7 Å². The molecule has 0 unspecified atom stereocenters. The van der Waals surface area contributed by atoms with Gasteiger partial charge in [-0.15, -0.1) is 0 Å². The van der Waals surface area contributed by atoms with Crippen LogP contribution < -0.4 is 0 Å². The highest BCUT2D eigenvalue weighted by molar-refractivity contribution is 6.81. The molecule has 2 rings (SSSR count). The molecule has 0 atom stereocenters. The minimum absolute atomic E-state index is 1.06. The summed E-state index contributed by atoms with van der Waals surface area (Å²) in [6.07, 6.45) is 1.86. The van der Waals surface area contributed by atoms with Crippen molar-refractivity contribution in [3.8, 4) is 0 Å². The van der Waals surface area contributed by atoms with Crippen molar-refractivity contribution in [2.45, 2.75) is 19.6 Å². The summed E-state index contributed by atoms with van der Waals surface area (Å²) in [4.78, 5) is 4.49. The first-order valence-electron chi connectivity index (χ1n) is 6.26. The molecule has 0 spiro atoms. The molecule has 0 N–H and O–H groups in total. The number of pyridine rings is 1. The van der Waals surface area contributed by atoms with Crippen LogP contribution in [0.1, 0.15) is 11.3 Å². The zero-order valence-corrected chi connectivity index (χ0v) is 12.2. The largest absolute Gasteiger partial charge is 0.256 e. The topological polar surface area (TPSA) is 12.9 Å². The van der Waals surface area contributed by atoms with Crippen LogP contribution in [0.5, 0.6) is 0 Å². The number of hydrogen-bond acceptors (Lipinski definition) is 1. The normalized spacial score (nSPS) is 12.5. The van der Waals surface area contributed by atoms with Crippen LogP contribution >= 0.6 is 0 Å². The summed E-state index contributed by atoms with van der Waals surface area (Å²) in [5.41, 5.74) is 5.99. The molecule has 0 bridgehead atoms. The third-order valence-corrected chi connectivity index (χ3v) is 3.76. The first kappa shape index (κ1) is 12.8. The van der Waals surface area contributed by atoms with Crippen molar-refractivity contribution in [3.63, 3.8) is 0 Å². The van der Waals surface area contributed by atoms with Crippen LogP contribution in [-0.4, -0.2) is 13.1 Å². The van der Waals surface area contributed by atoms with Gasteiger partial charge in [-0.05, 0) is 23.3 Å². The monoisotopic (exact) mass is 253 g/mol. The van der Waals surface area contributed by atoms with Crippen LogP contribution in [0.4, 0.5) is 0 Å². The van der Waals surface area contributed by atoms with Crippen molar-refractivity contribution in [2.75, 3.05) is 0 Å². The predicted octanol–water partition coefficient (Wildman–Crippen LogP) is 4.39. The van der Waals surface area contributed by atoms with E-state index in [1.165, 1.54) is 11.1 Å². The highest BCUT2D eigenvalue weighted by Gasteiger charge is 2.14. The molecule has 18 heavy (non-hydrogen) atoms. The molecule has 2 heteroatoms. The zero-order chi connectivity index (χ0) is 13.0. The van der Waals surface area contributed by atoms with E-state index >= 15 is 0 Å². The summed E-state index contributed by atoms with van der Waals surface area (Å²) in [6, 6.07) is 16.6. The van der Waals surface area contributed by atoms with E-state index in [1.54, 1.807) is 0 Å². The first-order valence-corrected chi connectivity index (χ1v) is 9.84. The minimum Gasteiger partial charge on any atom is -0.256 e. The van der Waals surface area contributed by atoms with Gasteiger partial charge in [0.2, 0.25) is 0 Å². The average Bonchev–Trinajstić information content (AvgIpc) is 2.37. The van der Waals surface area contributed by atoms with Gasteiger partial charge < -0.3 is 0 Å². The highest BCUT2D eigenvalue weighted by atomic mass is 28.3. The van der Waals surface area contributed by atoms with E-state index in [0.717, 1.165) is 5.69 Å². The standard InChI is InChI=1S/C16H19NSi/c1-18(2,3)13-15(14-9-5-4-6-10-14)16-11-7-8-12-17-16/h4-13H,1-3H3/b15-13+. The van der Waals surface area contributed by atoms with Gasteiger partial charge >= 0.3 is 0 Å². The lowest BCUT2D eigenvalue weighted by Crippen LogP contribution is -2.17. The van der Waals surface area contributed by atoms with Crippen LogP contribution in [0.3, 0.4) is 0 Å². The maximum atomic E-state index is 4.49. The fourth-order valence-corrected chi connectivity index (χ4v) is 3.06. The predicted molar refractivity (Wildman–Crippen MR) is 81.1 cm³/mol. The van der Waals surface area contributed by atoms with Crippen molar-refractivity contribution in [1.82, 2.24) is 4.98 Å². The maximum Gasteiger partial charge on any atom is 0.0700 e. The third kappa shape index (κ3) is 3.41. The van der Waals surface area contributed by atoms with Crippen molar-refractivity contribution in [1.29, 1.82) is 0 Å². The van der Waals surface area contributed by atoms with Crippen LogP contribution in [0.25, 0.3) is 5.57 Å². The first-order chi connectivity index (χ1) is 8.56. The van der Waals surface area contributed by atoms with E-state index < -0.39 is 8.07 Å². The van der Waals surface area contributed by atoms with E-state index in [-0.39, 0.29) is 0 Å². The molecule has 0 aliphatic heterocycles. The van der Waals surface area contributed by atoms with E-state index in [4.69, 9.17) is 0 Å². The maximum absolute atomic E-state index is 4.49. The summed E-state index contributed by atoms with van der Waals surface area (Å²) < 4.78 is 0. The number of benzene rings is 1. The average molecular weight is 253 g/mol. The lowest BCUT2D eigenvalue weighted by Gasteiger charge is -2.15. The van der Waals surface area contributed by atoms with Crippen LogP contribution in [-0.2, 0) is 0 Å². The Morgan fingerprint density at radius 3 is 2.17 bits per heavy atom.